The first-order valence-corrected chi connectivity index (χ1v) is 21.2. The minimum Gasteiger partial charge on any atom is -0.459 e. The summed E-state index contributed by atoms with van der Waals surface area (Å²) in [7, 11) is -1.63. The number of alkyl carbamates (subject to hydrolysis) is 1. The topological polar surface area (TPSA) is 181 Å². The maximum absolute atomic E-state index is 14.6. The number of hydrogen-bond donors (Lipinski definition) is 3. The van der Waals surface area contributed by atoms with E-state index in [1.165, 1.54) is 31.1 Å². The molecule has 1 saturated carbocycles. The minimum atomic E-state index is -4.19. The number of carbonyl (C=O) groups is 4. The van der Waals surface area contributed by atoms with E-state index in [1.807, 2.05) is 48.8 Å². The molecule has 0 spiro atoms. The number of rotatable bonds is 8. The van der Waals surface area contributed by atoms with Crippen molar-refractivity contribution in [1.29, 1.82) is 0 Å². The molecule has 6 rings (SSSR count). The number of halogens is 1. The lowest BCUT2D eigenvalue weighted by molar-refractivity contribution is -0.141. The van der Waals surface area contributed by atoms with E-state index >= 15 is 0 Å². The number of amides is 4. The molecule has 2 aliphatic heterocycles. The number of carbonyl (C=O) groups excluding carboxylic acids is 4. The predicted octanol–water partition coefficient (Wildman–Crippen LogP) is 4.98. The fraction of sp³-hybridized carbons (Fsp3) is 0.537. The van der Waals surface area contributed by atoms with Gasteiger partial charge in [0.1, 0.15) is 40.7 Å². The molecule has 0 unspecified atom stereocenters. The van der Waals surface area contributed by atoms with Crippen molar-refractivity contribution in [2.75, 3.05) is 20.6 Å². The van der Waals surface area contributed by atoms with Gasteiger partial charge in [0.25, 0.3) is 11.9 Å². The van der Waals surface area contributed by atoms with Gasteiger partial charge in [0.2, 0.25) is 11.8 Å². The molecule has 1 aromatic heterocycles. The minimum absolute atomic E-state index is 0.0109. The standard InChI is InChI=1S/C41H54FN7O8S/c1-25(2)49-32-20-14-18-30(26-15-13-17-28(42)21-26)34(32)44-38(49)56-29-22-33-35(50)45-41(37(52)46-58(54,55)47(6)7)23-27(41)16-11-9-8-10-12-19-31(36(51)48(33)24-29)43-39(53)57-40(3,4)5/h11,13-18,20-21,25,27,29,31,33H,8-10,12,19,22-24H2,1-7H3,(H,43,53)(H,45,50)(H,46,52)/b16-11-/t27-,29-,31+,33+,41-/m1/s1. The quantitative estimate of drug-likeness (QED) is 0.264. The number of para-hydroxylation sites is 1. The lowest BCUT2D eigenvalue weighted by Gasteiger charge is -2.30. The molecular weight excluding hydrogens is 770 g/mol. The van der Waals surface area contributed by atoms with E-state index in [2.05, 4.69) is 15.4 Å². The molecule has 0 bridgehead atoms. The van der Waals surface area contributed by atoms with E-state index in [4.69, 9.17) is 14.5 Å². The molecule has 314 valence electrons. The Morgan fingerprint density at radius 2 is 1.83 bits per heavy atom. The summed E-state index contributed by atoms with van der Waals surface area (Å²) < 4.78 is 56.8. The zero-order valence-corrected chi connectivity index (χ0v) is 34.9. The van der Waals surface area contributed by atoms with E-state index in [0.717, 1.165) is 22.7 Å². The summed E-state index contributed by atoms with van der Waals surface area (Å²) in [5.41, 5.74) is 0.224. The summed E-state index contributed by atoms with van der Waals surface area (Å²) in [4.78, 5) is 62.2. The van der Waals surface area contributed by atoms with Crippen molar-refractivity contribution in [2.45, 2.75) is 115 Å². The highest BCUT2D eigenvalue weighted by Crippen LogP contribution is 2.46. The molecule has 17 heteroatoms. The summed E-state index contributed by atoms with van der Waals surface area (Å²) in [6.45, 7) is 9.01. The summed E-state index contributed by atoms with van der Waals surface area (Å²) in [5.74, 6) is -2.97. The number of imidazole rings is 1. The van der Waals surface area contributed by atoms with Crippen molar-refractivity contribution >= 4 is 45.1 Å². The second-order valence-corrected chi connectivity index (χ2v) is 18.7. The molecule has 1 saturated heterocycles. The smallest absolute Gasteiger partial charge is 0.408 e. The molecule has 1 aliphatic carbocycles. The Labute approximate surface area is 338 Å². The Hall–Kier alpha value is -5.03. The number of nitrogens with zero attached hydrogens (tertiary/aromatic N) is 4. The van der Waals surface area contributed by atoms with Gasteiger partial charge in [0, 0.05) is 38.0 Å². The number of nitrogens with one attached hydrogen (secondary N) is 3. The first kappa shape index (κ1) is 42.6. The third kappa shape index (κ3) is 9.30. The predicted molar refractivity (Wildman–Crippen MR) is 215 cm³/mol. The number of ether oxygens (including phenoxy) is 2. The van der Waals surface area contributed by atoms with Crippen LogP contribution in [0.5, 0.6) is 6.01 Å². The highest BCUT2D eigenvalue weighted by atomic mass is 32.2. The highest BCUT2D eigenvalue weighted by Gasteiger charge is 2.62. The van der Waals surface area contributed by atoms with E-state index < -0.39 is 75.1 Å². The summed E-state index contributed by atoms with van der Waals surface area (Å²) in [5, 5.41) is 5.58. The molecule has 15 nitrogen and oxygen atoms in total. The van der Waals surface area contributed by atoms with Gasteiger partial charge in [-0.25, -0.2) is 13.9 Å². The third-order valence-electron chi connectivity index (χ3n) is 10.6. The van der Waals surface area contributed by atoms with E-state index in [-0.39, 0.29) is 37.9 Å². The molecule has 3 aromatic rings. The summed E-state index contributed by atoms with van der Waals surface area (Å²) in [6.07, 6.45) is 5.35. The van der Waals surface area contributed by atoms with Gasteiger partial charge < -0.3 is 25.0 Å². The van der Waals surface area contributed by atoms with Crippen LogP contribution in [0.1, 0.15) is 85.6 Å². The molecule has 2 fully saturated rings. The normalized spacial score (nSPS) is 25.0. The maximum atomic E-state index is 14.6. The first-order chi connectivity index (χ1) is 27.3. The Bertz CT molecular complexity index is 2200. The SMILES string of the molecule is CC(C)n1c(O[C@@H]2C[C@H]3C(=O)N[C@]4(C(=O)NS(=O)(=O)N(C)C)C[C@H]4/C=C\CCCCC[C@H](NC(=O)OC(C)(C)C)C(=O)N3C2)nc2c(-c3cccc(F)c3)cccc21. The van der Waals surface area contributed by atoms with Crippen LogP contribution in [0.2, 0.25) is 0 Å². The van der Waals surface area contributed by atoms with E-state index in [9.17, 15) is 32.0 Å². The van der Waals surface area contributed by atoms with Crippen LogP contribution >= 0.6 is 0 Å². The van der Waals surface area contributed by atoms with Crippen LogP contribution in [0.3, 0.4) is 0 Å². The average Bonchev–Trinajstić information content (AvgIpc) is 3.45. The molecule has 2 aromatic carbocycles. The van der Waals surface area contributed by atoms with Crippen LogP contribution in [-0.4, -0.2) is 101 Å². The lowest BCUT2D eigenvalue weighted by atomic mass is 10.0. The van der Waals surface area contributed by atoms with Gasteiger partial charge in [-0.2, -0.15) is 17.7 Å². The number of benzene rings is 2. The van der Waals surface area contributed by atoms with Gasteiger partial charge in [-0.05, 0) is 84.1 Å². The Kier molecular flexibility index (Phi) is 12.2. The number of aromatic nitrogens is 2. The van der Waals surface area contributed by atoms with Crippen LogP contribution in [0.4, 0.5) is 9.18 Å². The first-order valence-electron chi connectivity index (χ1n) is 19.8. The van der Waals surface area contributed by atoms with Crippen molar-refractivity contribution in [3.8, 4) is 17.1 Å². The van der Waals surface area contributed by atoms with Gasteiger partial charge in [-0.3, -0.25) is 19.0 Å². The Balaban J connectivity index is 1.36. The molecule has 5 atom stereocenters. The molecule has 0 radical (unpaired) electrons. The van der Waals surface area contributed by atoms with Crippen LogP contribution in [0.25, 0.3) is 22.2 Å². The van der Waals surface area contributed by atoms with Crippen LogP contribution in [0, 0.1) is 11.7 Å². The highest BCUT2D eigenvalue weighted by molar-refractivity contribution is 7.87. The molecule has 3 heterocycles. The monoisotopic (exact) mass is 823 g/mol. The molecule has 4 amide bonds. The van der Waals surface area contributed by atoms with Crippen LogP contribution in [-0.2, 0) is 29.3 Å². The van der Waals surface area contributed by atoms with Gasteiger partial charge in [0.05, 0.1) is 12.1 Å². The van der Waals surface area contributed by atoms with Crippen molar-refractivity contribution in [2.24, 2.45) is 5.92 Å². The lowest BCUT2D eigenvalue weighted by Crippen LogP contribution is -2.58. The summed E-state index contributed by atoms with van der Waals surface area (Å²) in [6, 6.07) is 9.69. The van der Waals surface area contributed by atoms with Crippen molar-refractivity contribution in [3.63, 3.8) is 0 Å². The van der Waals surface area contributed by atoms with Gasteiger partial charge in [-0.1, -0.05) is 49.3 Å². The van der Waals surface area contributed by atoms with E-state index in [0.29, 0.717) is 29.5 Å². The van der Waals surface area contributed by atoms with Gasteiger partial charge in [-0.15, -0.1) is 0 Å². The zero-order valence-electron chi connectivity index (χ0n) is 34.1. The zero-order chi connectivity index (χ0) is 42.2. The van der Waals surface area contributed by atoms with Gasteiger partial charge >= 0.3 is 16.3 Å². The number of hydrogen-bond acceptors (Lipinski definition) is 9. The van der Waals surface area contributed by atoms with Crippen molar-refractivity contribution in [3.05, 3.63) is 60.4 Å². The number of allylic oxidation sites excluding steroid dienone is 1. The second-order valence-electron chi connectivity index (χ2n) is 16.8. The molecule has 3 N–H and O–H groups in total. The fourth-order valence-electron chi connectivity index (χ4n) is 7.63. The molecular formula is C41H54FN7O8S. The molecule has 58 heavy (non-hydrogen) atoms. The number of fused-ring (bicyclic) bond motifs is 3. The average molecular weight is 824 g/mol. The molecule has 3 aliphatic rings. The van der Waals surface area contributed by atoms with Gasteiger partial charge in [0.15, 0.2) is 0 Å². The van der Waals surface area contributed by atoms with Crippen LogP contribution in [0.15, 0.2) is 54.6 Å². The summed E-state index contributed by atoms with van der Waals surface area (Å²) >= 11 is 0. The van der Waals surface area contributed by atoms with Crippen LogP contribution < -0.4 is 20.1 Å². The maximum Gasteiger partial charge on any atom is 0.408 e. The second kappa shape index (κ2) is 16.7. The fourth-order valence-corrected chi connectivity index (χ4v) is 8.23. The Morgan fingerprint density at radius 3 is 2.52 bits per heavy atom. The van der Waals surface area contributed by atoms with Crippen molar-refractivity contribution < 1.29 is 41.5 Å². The van der Waals surface area contributed by atoms with E-state index in [1.54, 1.807) is 32.9 Å². The third-order valence-corrected chi connectivity index (χ3v) is 12.1. The largest absolute Gasteiger partial charge is 0.459 e. The Morgan fingerprint density at radius 1 is 1.09 bits per heavy atom. The van der Waals surface area contributed by atoms with Crippen molar-refractivity contribution in [1.82, 2.24) is 34.1 Å².